The minimum atomic E-state index is -0.0202. The molecule has 90 valence electrons. The predicted molar refractivity (Wildman–Crippen MR) is 64.0 cm³/mol. The summed E-state index contributed by atoms with van der Waals surface area (Å²) in [5.74, 6) is 0.791. The highest BCUT2D eigenvalue weighted by atomic mass is 16.3. The van der Waals surface area contributed by atoms with Crippen LogP contribution in [0.4, 0.5) is 0 Å². The summed E-state index contributed by atoms with van der Waals surface area (Å²) < 4.78 is 0. The van der Waals surface area contributed by atoms with Gasteiger partial charge in [-0.3, -0.25) is 0 Å². The minimum absolute atomic E-state index is 0.0202. The summed E-state index contributed by atoms with van der Waals surface area (Å²) in [6.07, 6.45) is 3.51. The number of aliphatic hydroxyl groups is 1. The maximum absolute atomic E-state index is 9.01. The lowest BCUT2D eigenvalue weighted by Crippen LogP contribution is -2.42. The summed E-state index contributed by atoms with van der Waals surface area (Å²) in [5, 5.41) is 12.4. The molecule has 4 nitrogen and oxygen atoms in total. The van der Waals surface area contributed by atoms with Crippen LogP contribution in [0.2, 0.25) is 0 Å². The Hall–Kier alpha value is -1.00. The first-order valence-corrected chi connectivity index (χ1v) is 5.74. The van der Waals surface area contributed by atoms with Crippen LogP contribution in [0.5, 0.6) is 0 Å². The number of aliphatic hydroxyl groups excluding tert-OH is 1. The molecule has 1 aromatic heterocycles. The van der Waals surface area contributed by atoms with Gasteiger partial charge in [0.2, 0.25) is 0 Å². The number of nitrogens with zero attached hydrogens (tertiary/aromatic N) is 2. The molecule has 0 aliphatic heterocycles. The van der Waals surface area contributed by atoms with Crippen LogP contribution in [0.3, 0.4) is 0 Å². The van der Waals surface area contributed by atoms with E-state index in [4.69, 9.17) is 5.11 Å². The van der Waals surface area contributed by atoms with E-state index in [2.05, 4.69) is 29.1 Å². The van der Waals surface area contributed by atoms with Crippen LogP contribution in [0, 0.1) is 6.92 Å². The number of aryl methyl sites for hydroxylation is 1. The third-order valence-corrected chi connectivity index (χ3v) is 2.97. The summed E-state index contributed by atoms with van der Waals surface area (Å²) >= 11 is 0. The Balaban J connectivity index is 2.55. The largest absolute Gasteiger partial charge is 0.396 e. The molecule has 1 heterocycles. The molecule has 0 aromatic carbocycles. The van der Waals surface area contributed by atoms with Crippen LogP contribution in [0.1, 0.15) is 38.2 Å². The van der Waals surface area contributed by atoms with E-state index in [1.54, 1.807) is 6.20 Å². The fourth-order valence-corrected chi connectivity index (χ4v) is 1.54. The Bertz CT molecular complexity index is 330. The van der Waals surface area contributed by atoms with Crippen molar-refractivity contribution in [3.05, 3.63) is 23.8 Å². The van der Waals surface area contributed by atoms with E-state index >= 15 is 0 Å². The van der Waals surface area contributed by atoms with Gasteiger partial charge in [-0.05, 0) is 32.8 Å². The van der Waals surface area contributed by atoms with Crippen LogP contribution in [-0.4, -0.2) is 27.2 Å². The molecule has 1 atom stereocenters. The van der Waals surface area contributed by atoms with Crippen LogP contribution >= 0.6 is 0 Å². The molecule has 1 unspecified atom stereocenters. The molecule has 0 saturated heterocycles. The maximum atomic E-state index is 9.01. The second-order valence-corrected chi connectivity index (χ2v) is 4.34. The van der Waals surface area contributed by atoms with Gasteiger partial charge in [0.25, 0.3) is 0 Å². The van der Waals surface area contributed by atoms with Crippen molar-refractivity contribution in [2.24, 2.45) is 0 Å². The van der Waals surface area contributed by atoms with Crippen LogP contribution in [0.25, 0.3) is 0 Å². The third-order valence-electron chi connectivity index (χ3n) is 2.97. The number of hydrogen-bond acceptors (Lipinski definition) is 4. The van der Waals surface area contributed by atoms with E-state index in [1.807, 2.05) is 13.0 Å². The van der Waals surface area contributed by atoms with Crippen molar-refractivity contribution in [3.63, 3.8) is 0 Å². The molecule has 0 amide bonds. The van der Waals surface area contributed by atoms with Crippen molar-refractivity contribution in [2.75, 3.05) is 6.61 Å². The van der Waals surface area contributed by atoms with Crippen LogP contribution in [-0.2, 0) is 6.54 Å². The lowest BCUT2D eigenvalue weighted by molar-refractivity contribution is 0.214. The molecule has 1 aromatic rings. The molecule has 16 heavy (non-hydrogen) atoms. The number of rotatable bonds is 6. The monoisotopic (exact) mass is 223 g/mol. The van der Waals surface area contributed by atoms with Gasteiger partial charge in [-0.25, -0.2) is 9.97 Å². The van der Waals surface area contributed by atoms with Crippen molar-refractivity contribution in [2.45, 2.75) is 45.7 Å². The van der Waals surface area contributed by atoms with Gasteiger partial charge in [-0.15, -0.1) is 0 Å². The quantitative estimate of drug-likeness (QED) is 0.766. The van der Waals surface area contributed by atoms with Gasteiger partial charge in [0.1, 0.15) is 5.82 Å². The standard InChI is InChI=1S/C12H21N3O/c1-4-12(3,6-8-16)14-9-11-5-7-13-10(2)15-11/h5,7,14,16H,4,6,8-9H2,1-3H3. The van der Waals surface area contributed by atoms with E-state index in [0.717, 1.165) is 24.4 Å². The summed E-state index contributed by atoms with van der Waals surface area (Å²) in [5.41, 5.74) is 0.971. The summed E-state index contributed by atoms with van der Waals surface area (Å²) in [6, 6.07) is 1.91. The molecular weight excluding hydrogens is 202 g/mol. The van der Waals surface area contributed by atoms with Gasteiger partial charge in [-0.1, -0.05) is 6.92 Å². The van der Waals surface area contributed by atoms with Gasteiger partial charge >= 0.3 is 0 Å². The third kappa shape index (κ3) is 3.87. The molecule has 0 spiro atoms. The number of aromatic nitrogens is 2. The molecule has 0 radical (unpaired) electrons. The van der Waals surface area contributed by atoms with Gasteiger partial charge in [0.15, 0.2) is 0 Å². The first-order chi connectivity index (χ1) is 7.59. The summed E-state index contributed by atoms with van der Waals surface area (Å²) in [4.78, 5) is 8.40. The summed E-state index contributed by atoms with van der Waals surface area (Å²) in [7, 11) is 0. The van der Waals surface area contributed by atoms with Crippen LogP contribution in [0.15, 0.2) is 12.3 Å². The number of hydrogen-bond donors (Lipinski definition) is 2. The molecular formula is C12H21N3O. The zero-order valence-corrected chi connectivity index (χ0v) is 10.3. The average molecular weight is 223 g/mol. The highest BCUT2D eigenvalue weighted by Gasteiger charge is 2.20. The SMILES string of the molecule is CCC(C)(CCO)NCc1ccnc(C)n1. The van der Waals surface area contributed by atoms with Crippen molar-refractivity contribution in [1.82, 2.24) is 15.3 Å². The smallest absolute Gasteiger partial charge is 0.125 e. The van der Waals surface area contributed by atoms with E-state index in [-0.39, 0.29) is 12.1 Å². The highest BCUT2D eigenvalue weighted by Crippen LogP contribution is 2.14. The molecule has 0 saturated carbocycles. The average Bonchev–Trinajstić information content (AvgIpc) is 2.27. The van der Waals surface area contributed by atoms with E-state index in [9.17, 15) is 0 Å². The fraction of sp³-hybridized carbons (Fsp3) is 0.667. The fourth-order valence-electron chi connectivity index (χ4n) is 1.54. The Labute approximate surface area is 97.1 Å². The van der Waals surface area contributed by atoms with Crippen molar-refractivity contribution < 1.29 is 5.11 Å². The first kappa shape index (κ1) is 13.1. The molecule has 2 N–H and O–H groups in total. The van der Waals surface area contributed by atoms with Crippen molar-refractivity contribution in [3.8, 4) is 0 Å². The van der Waals surface area contributed by atoms with Crippen LogP contribution < -0.4 is 5.32 Å². The number of nitrogens with one attached hydrogen (secondary N) is 1. The maximum Gasteiger partial charge on any atom is 0.125 e. The Kier molecular flexibility index (Phi) is 4.83. The molecule has 0 aliphatic rings. The lowest BCUT2D eigenvalue weighted by Gasteiger charge is -2.29. The Morgan fingerprint density at radius 2 is 2.25 bits per heavy atom. The Morgan fingerprint density at radius 3 is 2.81 bits per heavy atom. The van der Waals surface area contributed by atoms with Gasteiger partial charge in [-0.2, -0.15) is 0 Å². The second-order valence-electron chi connectivity index (χ2n) is 4.34. The van der Waals surface area contributed by atoms with E-state index in [1.165, 1.54) is 0 Å². The van der Waals surface area contributed by atoms with E-state index in [0.29, 0.717) is 6.54 Å². The predicted octanol–water partition coefficient (Wildman–Crippen LogP) is 1.43. The van der Waals surface area contributed by atoms with Gasteiger partial charge < -0.3 is 10.4 Å². The van der Waals surface area contributed by atoms with Gasteiger partial charge in [0.05, 0.1) is 5.69 Å². The highest BCUT2D eigenvalue weighted by molar-refractivity contribution is 5.02. The minimum Gasteiger partial charge on any atom is -0.396 e. The lowest BCUT2D eigenvalue weighted by atomic mass is 9.95. The van der Waals surface area contributed by atoms with Crippen molar-refractivity contribution in [1.29, 1.82) is 0 Å². The zero-order chi connectivity index (χ0) is 12.0. The van der Waals surface area contributed by atoms with E-state index < -0.39 is 0 Å². The van der Waals surface area contributed by atoms with Crippen molar-refractivity contribution >= 4 is 0 Å². The first-order valence-electron chi connectivity index (χ1n) is 5.74. The molecule has 4 heteroatoms. The van der Waals surface area contributed by atoms with Gasteiger partial charge in [0, 0.05) is 24.9 Å². The Morgan fingerprint density at radius 1 is 1.50 bits per heavy atom. The summed E-state index contributed by atoms with van der Waals surface area (Å²) in [6.45, 7) is 7.05. The molecule has 0 aliphatic carbocycles. The zero-order valence-electron chi connectivity index (χ0n) is 10.3. The molecule has 1 rings (SSSR count). The normalized spacial score (nSPS) is 14.8. The molecule has 0 fully saturated rings. The molecule has 0 bridgehead atoms. The topological polar surface area (TPSA) is 58.0 Å². The second kappa shape index (κ2) is 5.92.